The Kier molecular flexibility index (Phi) is 3.40. The van der Waals surface area contributed by atoms with Crippen LogP contribution in [0.5, 0.6) is 0 Å². The van der Waals surface area contributed by atoms with Crippen LogP contribution in [0.4, 0.5) is 0 Å². The highest BCUT2D eigenvalue weighted by molar-refractivity contribution is 6.32. The smallest absolute Gasteiger partial charge is 0.128 e. The van der Waals surface area contributed by atoms with Crippen molar-refractivity contribution in [3.63, 3.8) is 0 Å². The number of hydrogen-bond donors (Lipinski definition) is 0. The molecule has 0 amide bonds. The average molecular weight is 247 g/mol. The van der Waals surface area contributed by atoms with Crippen LogP contribution in [0, 0.1) is 11.3 Å². The number of hydrogen-bond acceptors (Lipinski definition) is 1. The molecule has 1 heterocycles. The van der Waals surface area contributed by atoms with Crippen LogP contribution in [0.2, 0.25) is 5.15 Å². The van der Waals surface area contributed by atoms with Crippen molar-refractivity contribution in [2.24, 2.45) is 0 Å². The summed E-state index contributed by atoms with van der Waals surface area (Å²) in [5.74, 6) is 0. The summed E-state index contributed by atoms with van der Waals surface area (Å²) in [5.41, 5.74) is 2.98. The van der Waals surface area contributed by atoms with Crippen molar-refractivity contribution < 1.29 is 0 Å². The lowest BCUT2D eigenvalue weighted by molar-refractivity contribution is 0.701. The van der Waals surface area contributed by atoms with E-state index in [0.29, 0.717) is 10.7 Å². The van der Waals surface area contributed by atoms with Crippen LogP contribution >= 0.6 is 11.6 Å². The standard InChI is InChI=1S/C14H15ClN2/c1-3-8-17-13-10(4-2)6-5-7-11(13)12(9-16)14(17)15/h5-7H,3-4,8H2,1-2H3. The van der Waals surface area contributed by atoms with Gasteiger partial charge in [0.1, 0.15) is 11.2 Å². The molecule has 88 valence electrons. The Bertz CT molecular complexity index is 590. The lowest BCUT2D eigenvalue weighted by Gasteiger charge is -2.08. The van der Waals surface area contributed by atoms with Gasteiger partial charge in [-0.3, -0.25) is 0 Å². The molecule has 0 radical (unpaired) electrons. The van der Waals surface area contributed by atoms with Crippen LogP contribution in [0.1, 0.15) is 31.4 Å². The molecule has 2 nitrogen and oxygen atoms in total. The minimum absolute atomic E-state index is 0.574. The van der Waals surface area contributed by atoms with Gasteiger partial charge in [-0.1, -0.05) is 43.6 Å². The van der Waals surface area contributed by atoms with Gasteiger partial charge in [0, 0.05) is 11.9 Å². The topological polar surface area (TPSA) is 28.7 Å². The van der Waals surface area contributed by atoms with Crippen molar-refractivity contribution >= 4 is 22.5 Å². The Hall–Kier alpha value is -1.46. The second-order valence-electron chi connectivity index (χ2n) is 4.10. The first kappa shape index (κ1) is 12.0. The van der Waals surface area contributed by atoms with Crippen molar-refractivity contribution in [2.45, 2.75) is 33.2 Å². The first-order valence-electron chi connectivity index (χ1n) is 5.94. The quantitative estimate of drug-likeness (QED) is 0.800. The number of nitriles is 1. The van der Waals surface area contributed by atoms with E-state index in [-0.39, 0.29) is 0 Å². The SMILES string of the molecule is CCCn1c(Cl)c(C#N)c2cccc(CC)c21. The second-order valence-corrected chi connectivity index (χ2v) is 4.45. The van der Waals surface area contributed by atoms with Crippen molar-refractivity contribution in [3.8, 4) is 6.07 Å². The molecule has 0 bridgehead atoms. The zero-order chi connectivity index (χ0) is 12.4. The average Bonchev–Trinajstić information content (AvgIpc) is 2.62. The van der Waals surface area contributed by atoms with Gasteiger partial charge in [-0.2, -0.15) is 5.26 Å². The first-order valence-corrected chi connectivity index (χ1v) is 6.32. The Morgan fingerprint density at radius 1 is 1.35 bits per heavy atom. The third-order valence-electron chi connectivity index (χ3n) is 3.04. The molecule has 0 unspecified atom stereocenters. The van der Waals surface area contributed by atoms with Crippen molar-refractivity contribution in [3.05, 3.63) is 34.5 Å². The molecule has 0 aliphatic heterocycles. The summed E-state index contributed by atoms with van der Waals surface area (Å²) in [6.07, 6.45) is 1.96. The zero-order valence-electron chi connectivity index (χ0n) is 10.1. The van der Waals surface area contributed by atoms with Crippen LogP contribution in [-0.4, -0.2) is 4.57 Å². The number of aryl methyl sites for hydroxylation is 2. The summed E-state index contributed by atoms with van der Waals surface area (Å²) in [4.78, 5) is 0. The third kappa shape index (κ3) is 1.81. The minimum atomic E-state index is 0.574. The maximum absolute atomic E-state index is 9.21. The maximum Gasteiger partial charge on any atom is 0.128 e. The van der Waals surface area contributed by atoms with Gasteiger partial charge in [0.15, 0.2) is 0 Å². The Morgan fingerprint density at radius 2 is 2.12 bits per heavy atom. The van der Waals surface area contributed by atoms with E-state index in [4.69, 9.17) is 11.6 Å². The van der Waals surface area contributed by atoms with Gasteiger partial charge >= 0.3 is 0 Å². The van der Waals surface area contributed by atoms with Crippen molar-refractivity contribution in [2.75, 3.05) is 0 Å². The van der Waals surface area contributed by atoms with Crippen LogP contribution < -0.4 is 0 Å². The number of aromatic nitrogens is 1. The zero-order valence-corrected chi connectivity index (χ0v) is 10.9. The summed E-state index contributed by atoms with van der Waals surface area (Å²) < 4.78 is 2.06. The Labute approximate surface area is 106 Å². The number of fused-ring (bicyclic) bond motifs is 1. The Morgan fingerprint density at radius 3 is 2.71 bits per heavy atom. The van der Waals surface area contributed by atoms with E-state index >= 15 is 0 Å². The minimum Gasteiger partial charge on any atom is -0.330 e. The summed E-state index contributed by atoms with van der Waals surface area (Å²) in [7, 11) is 0. The molecule has 0 aliphatic rings. The largest absolute Gasteiger partial charge is 0.330 e. The normalized spacial score (nSPS) is 10.7. The predicted octanol–water partition coefficient (Wildman–Crippen LogP) is 4.14. The lowest BCUT2D eigenvalue weighted by atomic mass is 10.1. The fraction of sp³-hybridized carbons (Fsp3) is 0.357. The lowest BCUT2D eigenvalue weighted by Crippen LogP contribution is -1.98. The second kappa shape index (κ2) is 4.81. The van der Waals surface area contributed by atoms with E-state index in [2.05, 4.69) is 30.6 Å². The molecule has 1 aromatic carbocycles. The van der Waals surface area contributed by atoms with E-state index in [1.165, 1.54) is 5.56 Å². The maximum atomic E-state index is 9.21. The number of halogens is 1. The highest BCUT2D eigenvalue weighted by Gasteiger charge is 2.16. The van der Waals surface area contributed by atoms with Crippen molar-refractivity contribution in [1.29, 1.82) is 5.26 Å². The summed E-state index contributed by atoms with van der Waals surface area (Å²) in [6.45, 7) is 5.09. The van der Waals surface area contributed by atoms with Gasteiger partial charge in [-0.05, 0) is 18.4 Å². The predicted molar refractivity (Wildman–Crippen MR) is 71.3 cm³/mol. The molecule has 3 heteroatoms. The molecule has 0 saturated heterocycles. The van der Waals surface area contributed by atoms with E-state index in [0.717, 1.165) is 30.3 Å². The molecule has 0 N–H and O–H groups in total. The number of benzene rings is 1. The summed E-state index contributed by atoms with van der Waals surface area (Å²) in [5, 5.41) is 10.8. The van der Waals surface area contributed by atoms with Gasteiger partial charge < -0.3 is 4.57 Å². The third-order valence-corrected chi connectivity index (χ3v) is 3.44. The molecule has 17 heavy (non-hydrogen) atoms. The molecule has 1 aromatic heterocycles. The highest BCUT2D eigenvalue weighted by atomic mass is 35.5. The molecular formula is C14H15ClN2. The van der Waals surface area contributed by atoms with Crippen LogP contribution in [0.25, 0.3) is 10.9 Å². The van der Waals surface area contributed by atoms with Gasteiger partial charge in [0.05, 0.1) is 11.1 Å². The first-order chi connectivity index (χ1) is 8.24. The van der Waals surface area contributed by atoms with Crippen LogP contribution in [-0.2, 0) is 13.0 Å². The van der Waals surface area contributed by atoms with Crippen molar-refractivity contribution in [1.82, 2.24) is 4.57 Å². The fourth-order valence-corrected chi connectivity index (χ4v) is 2.59. The van der Waals surface area contributed by atoms with Gasteiger partial charge in [-0.25, -0.2) is 0 Å². The summed E-state index contributed by atoms with van der Waals surface area (Å²) in [6, 6.07) is 8.29. The highest BCUT2D eigenvalue weighted by Crippen LogP contribution is 2.32. The molecule has 2 rings (SSSR count). The van der Waals surface area contributed by atoms with Crippen LogP contribution in [0.3, 0.4) is 0 Å². The van der Waals surface area contributed by atoms with E-state index in [1.54, 1.807) is 0 Å². The number of para-hydroxylation sites is 1. The van der Waals surface area contributed by atoms with Gasteiger partial charge in [0.25, 0.3) is 0 Å². The molecule has 0 aliphatic carbocycles. The Balaban J connectivity index is 2.87. The molecule has 0 spiro atoms. The molecule has 0 fully saturated rings. The van der Waals surface area contributed by atoms with E-state index < -0.39 is 0 Å². The number of nitrogens with zero attached hydrogens (tertiary/aromatic N) is 2. The molecule has 2 aromatic rings. The van der Waals surface area contributed by atoms with E-state index in [1.807, 2.05) is 12.1 Å². The monoisotopic (exact) mass is 246 g/mol. The van der Waals surface area contributed by atoms with E-state index in [9.17, 15) is 5.26 Å². The fourth-order valence-electron chi connectivity index (χ4n) is 2.28. The molecule has 0 atom stereocenters. The van der Waals surface area contributed by atoms with Crippen LogP contribution in [0.15, 0.2) is 18.2 Å². The number of rotatable bonds is 3. The molecular weight excluding hydrogens is 232 g/mol. The summed E-state index contributed by atoms with van der Waals surface area (Å²) >= 11 is 6.30. The van der Waals surface area contributed by atoms with Gasteiger partial charge in [-0.15, -0.1) is 0 Å². The molecule has 0 saturated carbocycles. The van der Waals surface area contributed by atoms with Gasteiger partial charge in [0.2, 0.25) is 0 Å².